The van der Waals surface area contributed by atoms with Crippen LogP contribution in [0.25, 0.3) is 0 Å². The highest BCUT2D eigenvalue weighted by Crippen LogP contribution is 2.26. The molecule has 0 unspecified atom stereocenters. The summed E-state index contributed by atoms with van der Waals surface area (Å²) in [4.78, 5) is 10.7. The Morgan fingerprint density at radius 3 is 2.70 bits per heavy atom. The van der Waals surface area contributed by atoms with Crippen LogP contribution in [0.2, 0.25) is 0 Å². The molecule has 0 amide bonds. The maximum atomic E-state index is 5.45. The molecule has 1 aromatic carbocycles. The Labute approximate surface area is 118 Å². The van der Waals surface area contributed by atoms with E-state index in [-0.39, 0.29) is 0 Å². The van der Waals surface area contributed by atoms with Crippen molar-refractivity contribution in [1.29, 1.82) is 0 Å². The molecular weight excluding hydrogens is 254 g/mol. The first-order valence-corrected chi connectivity index (χ1v) is 6.28. The second-order valence-corrected chi connectivity index (χ2v) is 4.45. The van der Waals surface area contributed by atoms with E-state index in [1.165, 1.54) is 5.56 Å². The number of nitrogens with zero attached hydrogens (tertiary/aromatic N) is 3. The van der Waals surface area contributed by atoms with Crippen LogP contribution in [0, 0.1) is 6.92 Å². The Bertz CT molecular complexity index is 588. The number of anilines is 3. The van der Waals surface area contributed by atoms with E-state index >= 15 is 0 Å². The van der Waals surface area contributed by atoms with Crippen LogP contribution in [0.1, 0.15) is 11.4 Å². The summed E-state index contributed by atoms with van der Waals surface area (Å²) in [6.07, 6.45) is 0. The van der Waals surface area contributed by atoms with E-state index in [0.717, 1.165) is 11.5 Å². The molecule has 0 aliphatic heterocycles. The Morgan fingerprint density at radius 1 is 1.30 bits per heavy atom. The first kappa shape index (κ1) is 14.2. The van der Waals surface area contributed by atoms with E-state index < -0.39 is 0 Å². The third-order valence-corrected chi connectivity index (χ3v) is 3.00. The van der Waals surface area contributed by atoms with Crippen LogP contribution in [0.4, 0.5) is 17.3 Å². The van der Waals surface area contributed by atoms with Gasteiger partial charge in [0.25, 0.3) is 0 Å². The van der Waals surface area contributed by atoms with Crippen LogP contribution in [0.5, 0.6) is 0 Å². The molecule has 0 saturated carbocycles. The van der Waals surface area contributed by atoms with Gasteiger partial charge >= 0.3 is 0 Å². The Kier molecular flexibility index (Phi) is 4.49. The number of hydrazine groups is 1. The van der Waals surface area contributed by atoms with Crippen molar-refractivity contribution in [2.75, 3.05) is 24.5 Å². The molecule has 0 fully saturated rings. The van der Waals surface area contributed by atoms with Crippen LogP contribution < -0.4 is 16.2 Å². The largest absolute Gasteiger partial charge is 0.377 e. The van der Waals surface area contributed by atoms with Gasteiger partial charge in [0.2, 0.25) is 0 Å². The molecule has 2 aromatic rings. The number of hydrogen-bond acceptors (Lipinski definition) is 6. The fourth-order valence-electron chi connectivity index (χ4n) is 1.99. The molecule has 1 heterocycles. The summed E-state index contributed by atoms with van der Waals surface area (Å²) in [5, 5.41) is 0. The molecule has 3 N–H and O–H groups in total. The standard InChI is InChI=1S/C14H19N5O/c1-10-6-4-5-7-11(10)19(2)14-8-12(18-15)16-13(17-14)9-20-3/h4-8H,9,15H2,1-3H3,(H,16,17,18). The van der Waals surface area contributed by atoms with E-state index in [1.807, 2.05) is 30.1 Å². The first-order chi connectivity index (χ1) is 9.65. The lowest BCUT2D eigenvalue weighted by Gasteiger charge is -2.21. The Hall–Kier alpha value is -2.18. The van der Waals surface area contributed by atoms with Crippen LogP contribution >= 0.6 is 0 Å². The molecule has 0 atom stereocenters. The van der Waals surface area contributed by atoms with Crippen LogP contribution in [-0.2, 0) is 11.3 Å². The summed E-state index contributed by atoms with van der Waals surface area (Å²) < 4.78 is 5.08. The molecule has 0 spiro atoms. The SMILES string of the molecule is COCc1nc(NN)cc(N(C)c2ccccc2C)n1. The summed E-state index contributed by atoms with van der Waals surface area (Å²) in [5.41, 5.74) is 4.81. The molecule has 1 aromatic heterocycles. The van der Waals surface area contributed by atoms with Crippen molar-refractivity contribution < 1.29 is 4.74 Å². The zero-order valence-electron chi connectivity index (χ0n) is 11.9. The molecule has 6 nitrogen and oxygen atoms in total. The second-order valence-electron chi connectivity index (χ2n) is 4.45. The summed E-state index contributed by atoms with van der Waals surface area (Å²) in [6, 6.07) is 9.91. The molecule has 0 aliphatic carbocycles. The topological polar surface area (TPSA) is 76.3 Å². The Balaban J connectivity index is 2.40. The van der Waals surface area contributed by atoms with Gasteiger partial charge in [0, 0.05) is 25.9 Å². The predicted octanol–water partition coefficient (Wildman–Crippen LogP) is 1.98. The number of rotatable bonds is 5. The summed E-state index contributed by atoms with van der Waals surface area (Å²) in [5.74, 6) is 7.35. The third-order valence-electron chi connectivity index (χ3n) is 3.00. The van der Waals surface area contributed by atoms with Gasteiger partial charge < -0.3 is 15.1 Å². The van der Waals surface area contributed by atoms with Gasteiger partial charge in [0.05, 0.1) is 0 Å². The van der Waals surface area contributed by atoms with Crippen molar-refractivity contribution in [3.05, 3.63) is 41.7 Å². The molecule has 2 rings (SSSR count). The van der Waals surface area contributed by atoms with Crippen molar-refractivity contribution in [2.45, 2.75) is 13.5 Å². The maximum absolute atomic E-state index is 5.45. The molecule has 106 valence electrons. The minimum absolute atomic E-state index is 0.337. The average molecular weight is 273 g/mol. The number of para-hydroxylation sites is 1. The van der Waals surface area contributed by atoms with Gasteiger partial charge in [-0.3, -0.25) is 0 Å². The second kappa shape index (κ2) is 6.31. The van der Waals surface area contributed by atoms with E-state index in [2.05, 4.69) is 28.4 Å². The number of benzene rings is 1. The quantitative estimate of drug-likeness (QED) is 0.641. The van der Waals surface area contributed by atoms with Crippen molar-refractivity contribution in [1.82, 2.24) is 9.97 Å². The molecule has 0 aliphatic rings. The van der Waals surface area contributed by atoms with Crippen molar-refractivity contribution >= 4 is 17.3 Å². The fourth-order valence-corrected chi connectivity index (χ4v) is 1.99. The van der Waals surface area contributed by atoms with Gasteiger partial charge in [-0.1, -0.05) is 18.2 Å². The highest BCUT2D eigenvalue weighted by Gasteiger charge is 2.11. The highest BCUT2D eigenvalue weighted by molar-refractivity contribution is 5.64. The lowest BCUT2D eigenvalue weighted by molar-refractivity contribution is 0.178. The number of nitrogens with two attached hydrogens (primary N) is 1. The summed E-state index contributed by atoms with van der Waals surface area (Å²) in [7, 11) is 3.57. The van der Waals surface area contributed by atoms with Gasteiger partial charge in [-0.15, -0.1) is 0 Å². The number of hydrogen-bond donors (Lipinski definition) is 2. The van der Waals surface area contributed by atoms with Gasteiger partial charge in [-0.25, -0.2) is 15.8 Å². The molecule has 20 heavy (non-hydrogen) atoms. The fraction of sp³-hybridized carbons (Fsp3) is 0.286. The van der Waals surface area contributed by atoms with E-state index in [1.54, 1.807) is 13.2 Å². The number of aromatic nitrogens is 2. The zero-order chi connectivity index (χ0) is 14.5. The minimum atomic E-state index is 0.337. The maximum Gasteiger partial charge on any atom is 0.158 e. The lowest BCUT2D eigenvalue weighted by atomic mass is 10.2. The van der Waals surface area contributed by atoms with Gasteiger partial charge in [-0.05, 0) is 18.6 Å². The van der Waals surface area contributed by atoms with E-state index in [9.17, 15) is 0 Å². The number of ether oxygens (including phenoxy) is 1. The van der Waals surface area contributed by atoms with Crippen molar-refractivity contribution in [2.24, 2.45) is 5.84 Å². The molecule has 0 bridgehead atoms. The third kappa shape index (κ3) is 3.04. The molecular formula is C14H19N5O. The number of nitrogen functional groups attached to an aromatic ring is 1. The summed E-state index contributed by atoms with van der Waals surface area (Å²) >= 11 is 0. The lowest BCUT2D eigenvalue weighted by Crippen LogP contribution is -2.17. The van der Waals surface area contributed by atoms with E-state index in [4.69, 9.17) is 10.6 Å². The first-order valence-electron chi connectivity index (χ1n) is 6.28. The van der Waals surface area contributed by atoms with Crippen LogP contribution in [0.15, 0.2) is 30.3 Å². The monoisotopic (exact) mass is 273 g/mol. The minimum Gasteiger partial charge on any atom is -0.377 e. The number of nitrogens with one attached hydrogen (secondary N) is 1. The predicted molar refractivity (Wildman–Crippen MR) is 79.8 cm³/mol. The summed E-state index contributed by atoms with van der Waals surface area (Å²) in [6.45, 7) is 2.40. The smallest absolute Gasteiger partial charge is 0.158 e. The van der Waals surface area contributed by atoms with Gasteiger partial charge in [0.15, 0.2) is 5.82 Å². The number of aryl methyl sites for hydroxylation is 1. The molecule has 0 radical (unpaired) electrons. The zero-order valence-corrected chi connectivity index (χ0v) is 11.9. The average Bonchev–Trinajstić information content (AvgIpc) is 2.47. The van der Waals surface area contributed by atoms with Gasteiger partial charge in [-0.2, -0.15) is 0 Å². The Morgan fingerprint density at radius 2 is 2.05 bits per heavy atom. The van der Waals surface area contributed by atoms with Crippen molar-refractivity contribution in [3.63, 3.8) is 0 Å². The van der Waals surface area contributed by atoms with E-state index in [0.29, 0.717) is 18.2 Å². The van der Waals surface area contributed by atoms with Crippen molar-refractivity contribution in [3.8, 4) is 0 Å². The number of methoxy groups -OCH3 is 1. The molecule has 0 saturated heterocycles. The van der Waals surface area contributed by atoms with Crippen LogP contribution in [0.3, 0.4) is 0 Å². The molecule has 6 heteroatoms. The normalized spacial score (nSPS) is 10.4. The van der Waals surface area contributed by atoms with Gasteiger partial charge in [0.1, 0.15) is 18.2 Å². The highest BCUT2D eigenvalue weighted by atomic mass is 16.5. The van der Waals surface area contributed by atoms with Crippen LogP contribution in [-0.4, -0.2) is 24.1 Å².